The lowest BCUT2D eigenvalue weighted by molar-refractivity contribution is -0.135. The first kappa shape index (κ1) is 15.5. The van der Waals surface area contributed by atoms with Crippen LogP contribution in [0, 0.1) is 0 Å². The molecular formula is C16H20N2O2S. The Balaban J connectivity index is 2.07. The van der Waals surface area contributed by atoms with Crippen molar-refractivity contribution < 1.29 is 9.59 Å². The Morgan fingerprint density at radius 3 is 2.67 bits per heavy atom. The molecule has 2 aromatic rings. The van der Waals surface area contributed by atoms with Gasteiger partial charge in [0.15, 0.2) is 0 Å². The van der Waals surface area contributed by atoms with Crippen LogP contribution in [0.5, 0.6) is 0 Å². The Morgan fingerprint density at radius 2 is 2.05 bits per heavy atom. The quantitative estimate of drug-likeness (QED) is 0.923. The minimum atomic E-state index is -0.443. The molecule has 0 aliphatic carbocycles. The van der Waals surface area contributed by atoms with E-state index in [1.807, 2.05) is 19.1 Å². The van der Waals surface area contributed by atoms with Gasteiger partial charge in [-0.15, -0.1) is 11.3 Å². The van der Waals surface area contributed by atoms with Gasteiger partial charge in [0.05, 0.1) is 6.54 Å². The molecule has 0 saturated carbocycles. The Morgan fingerprint density at radius 1 is 1.33 bits per heavy atom. The van der Waals surface area contributed by atoms with E-state index in [1.54, 1.807) is 23.3 Å². The highest BCUT2D eigenvalue weighted by molar-refractivity contribution is 7.19. The molecule has 21 heavy (non-hydrogen) atoms. The predicted molar refractivity (Wildman–Crippen MR) is 86.2 cm³/mol. The fraction of sp³-hybridized carbons (Fsp3) is 0.375. The minimum Gasteiger partial charge on any atom is -0.345 e. The fourth-order valence-electron chi connectivity index (χ4n) is 2.28. The van der Waals surface area contributed by atoms with Crippen molar-refractivity contribution in [2.75, 3.05) is 7.05 Å². The molecule has 0 saturated heterocycles. The molecule has 0 bridgehead atoms. The standard InChI is InChI=1S/C16H20N2O2S/c1-4-14(17-11(2)19)16(20)18(3)10-13-9-12-7-5-6-8-15(12)21-13/h5-9,14H,4,10H2,1-3H3,(H,17,19)/t14-/m1/s1. The van der Waals surface area contributed by atoms with Crippen LogP contribution in [0.25, 0.3) is 10.1 Å². The molecule has 5 heteroatoms. The van der Waals surface area contributed by atoms with Crippen molar-refractivity contribution >= 4 is 33.2 Å². The van der Waals surface area contributed by atoms with Gasteiger partial charge in [0.25, 0.3) is 0 Å². The van der Waals surface area contributed by atoms with Gasteiger partial charge in [-0.1, -0.05) is 25.1 Å². The number of hydrogen-bond donors (Lipinski definition) is 1. The Kier molecular flexibility index (Phi) is 4.96. The minimum absolute atomic E-state index is 0.0508. The number of likely N-dealkylation sites (N-methyl/N-ethyl adjacent to an activating group) is 1. The summed E-state index contributed by atoms with van der Waals surface area (Å²) in [7, 11) is 1.77. The summed E-state index contributed by atoms with van der Waals surface area (Å²) in [4.78, 5) is 26.3. The summed E-state index contributed by atoms with van der Waals surface area (Å²) in [5, 5.41) is 3.90. The molecular weight excluding hydrogens is 284 g/mol. The summed E-state index contributed by atoms with van der Waals surface area (Å²) in [5.41, 5.74) is 0. The van der Waals surface area contributed by atoms with Gasteiger partial charge in [-0.25, -0.2) is 0 Å². The van der Waals surface area contributed by atoms with Crippen LogP contribution in [0.15, 0.2) is 30.3 Å². The molecule has 0 aliphatic rings. The second kappa shape index (κ2) is 6.72. The number of nitrogens with one attached hydrogen (secondary N) is 1. The zero-order valence-corrected chi connectivity index (χ0v) is 13.4. The van der Waals surface area contributed by atoms with Crippen molar-refractivity contribution in [3.05, 3.63) is 35.2 Å². The zero-order valence-electron chi connectivity index (χ0n) is 12.6. The van der Waals surface area contributed by atoms with Gasteiger partial charge in [0.2, 0.25) is 11.8 Å². The number of amides is 2. The van der Waals surface area contributed by atoms with Crippen molar-refractivity contribution in [1.82, 2.24) is 10.2 Å². The first-order valence-electron chi connectivity index (χ1n) is 7.00. The molecule has 0 aliphatic heterocycles. The Bertz CT molecular complexity index is 618. The molecule has 0 fully saturated rings. The van der Waals surface area contributed by atoms with E-state index in [1.165, 1.54) is 17.0 Å². The number of carbonyl (C=O) groups excluding carboxylic acids is 2. The number of fused-ring (bicyclic) bond motifs is 1. The smallest absolute Gasteiger partial charge is 0.245 e. The maximum absolute atomic E-state index is 12.3. The molecule has 1 aromatic carbocycles. The topological polar surface area (TPSA) is 49.4 Å². The summed E-state index contributed by atoms with van der Waals surface area (Å²) in [6.45, 7) is 3.89. The Hall–Kier alpha value is -1.88. The second-order valence-electron chi connectivity index (χ2n) is 5.11. The van der Waals surface area contributed by atoms with Crippen molar-refractivity contribution in [3.8, 4) is 0 Å². The SMILES string of the molecule is CC[C@@H](NC(C)=O)C(=O)N(C)Cc1cc2ccccc2s1. The van der Waals surface area contributed by atoms with E-state index in [-0.39, 0.29) is 11.8 Å². The zero-order chi connectivity index (χ0) is 15.4. The monoisotopic (exact) mass is 304 g/mol. The molecule has 1 aromatic heterocycles. The van der Waals surface area contributed by atoms with Gasteiger partial charge >= 0.3 is 0 Å². The van der Waals surface area contributed by atoms with Crippen molar-refractivity contribution in [2.24, 2.45) is 0 Å². The highest BCUT2D eigenvalue weighted by Gasteiger charge is 2.21. The second-order valence-corrected chi connectivity index (χ2v) is 6.27. The maximum Gasteiger partial charge on any atom is 0.245 e. The van der Waals surface area contributed by atoms with E-state index in [0.29, 0.717) is 13.0 Å². The normalized spacial score (nSPS) is 12.1. The van der Waals surface area contributed by atoms with Crippen LogP contribution >= 0.6 is 11.3 Å². The maximum atomic E-state index is 12.3. The average molecular weight is 304 g/mol. The number of rotatable bonds is 5. The summed E-state index contributed by atoms with van der Waals surface area (Å²) >= 11 is 1.69. The largest absolute Gasteiger partial charge is 0.345 e. The third-order valence-electron chi connectivity index (χ3n) is 3.33. The van der Waals surface area contributed by atoms with E-state index < -0.39 is 6.04 Å². The van der Waals surface area contributed by atoms with Crippen LogP contribution in [-0.2, 0) is 16.1 Å². The van der Waals surface area contributed by atoms with Gasteiger partial charge in [0.1, 0.15) is 6.04 Å². The third kappa shape index (κ3) is 3.82. The molecule has 2 rings (SSSR count). The van der Waals surface area contributed by atoms with Gasteiger partial charge < -0.3 is 10.2 Å². The number of benzene rings is 1. The summed E-state index contributed by atoms with van der Waals surface area (Å²) < 4.78 is 1.22. The van der Waals surface area contributed by atoms with Crippen LogP contribution in [0.4, 0.5) is 0 Å². The van der Waals surface area contributed by atoms with E-state index >= 15 is 0 Å². The van der Waals surface area contributed by atoms with Gasteiger partial charge in [-0.2, -0.15) is 0 Å². The van der Waals surface area contributed by atoms with Crippen LogP contribution in [0.3, 0.4) is 0 Å². The number of thiophene rings is 1. The van der Waals surface area contributed by atoms with E-state index in [2.05, 4.69) is 23.5 Å². The van der Waals surface area contributed by atoms with Crippen molar-refractivity contribution in [1.29, 1.82) is 0 Å². The van der Waals surface area contributed by atoms with Gasteiger partial charge in [0, 0.05) is 23.5 Å². The van der Waals surface area contributed by atoms with Crippen LogP contribution < -0.4 is 5.32 Å². The molecule has 4 nitrogen and oxygen atoms in total. The highest BCUT2D eigenvalue weighted by Crippen LogP contribution is 2.26. The van der Waals surface area contributed by atoms with Crippen LogP contribution in [0.1, 0.15) is 25.1 Å². The van der Waals surface area contributed by atoms with Crippen molar-refractivity contribution in [2.45, 2.75) is 32.9 Å². The molecule has 1 heterocycles. The van der Waals surface area contributed by atoms with Crippen LogP contribution in [-0.4, -0.2) is 29.8 Å². The lowest BCUT2D eigenvalue weighted by Crippen LogP contribution is -2.46. The van der Waals surface area contributed by atoms with E-state index in [0.717, 1.165) is 4.88 Å². The number of nitrogens with zero attached hydrogens (tertiary/aromatic N) is 1. The summed E-state index contributed by atoms with van der Waals surface area (Å²) in [5.74, 6) is -0.226. The van der Waals surface area contributed by atoms with E-state index in [9.17, 15) is 9.59 Å². The van der Waals surface area contributed by atoms with Gasteiger partial charge in [-0.05, 0) is 23.9 Å². The highest BCUT2D eigenvalue weighted by atomic mass is 32.1. The first-order chi connectivity index (χ1) is 10.0. The first-order valence-corrected chi connectivity index (χ1v) is 7.82. The molecule has 0 unspecified atom stereocenters. The molecule has 112 valence electrons. The average Bonchev–Trinajstić information content (AvgIpc) is 2.85. The third-order valence-corrected chi connectivity index (χ3v) is 4.43. The summed E-state index contributed by atoms with van der Waals surface area (Å²) in [6, 6.07) is 9.85. The van der Waals surface area contributed by atoms with Crippen molar-refractivity contribution in [3.63, 3.8) is 0 Å². The molecule has 0 radical (unpaired) electrons. The molecule has 2 amide bonds. The summed E-state index contributed by atoms with van der Waals surface area (Å²) in [6.07, 6.45) is 0.592. The lowest BCUT2D eigenvalue weighted by Gasteiger charge is -2.22. The number of carbonyl (C=O) groups is 2. The van der Waals surface area contributed by atoms with Gasteiger partial charge in [-0.3, -0.25) is 9.59 Å². The Labute approximate surface area is 128 Å². The molecule has 1 N–H and O–H groups in total. The molecule has 0 spiro atoms. The van der Waals surface area contributed by atoms with E-state index in [4.69, 9.17) is 0 Å². The van der Waals surface area contributed by atoms with Crippen LogP contribution in [0.2, 0.25) is 0 Å². The fourth-order valence-corrected chi connectivity index (χ4v) is 3.39. The predicted octanol–water partition coefficient (Wildman–Crippen LogP) is 2.77. The molecule has 1 atom stereocenters. The lowest BCUT2D eigenvalue weighted by atomic mass is 10.2. The number of hydrogen-bond acceptors (Lipinski definition) is 3.